The minimum atomic E-state index is -1.51. The van der Waals surface area contributed by atoms with Crippen molar-refractivity contribution in [3.8, 4) is 40.2 Å². The number of Topliss-reactive ketones (excluding diaryl/α,β-unsaturated/α-hetero) is 2. The van der Waals surface area contributed by atoms with Crippen LogP contribution >= 0.6 is 0 Å². The minimum Gasteiger partial charge on any atom is -0.507 e. The first-order valence-corrected chi connectivity index (χ1v) is 8.07. The predicted octanol–water partition coefficient (Wildman–Crippen LogP) is 2.02. The number of aromatic hydroxyl groups is 2. The molecule has 9 heteroatoms. The van der Waals surface area contributed by atoms with Gasteiger partial charge in [-0.3, -0.25) is 9.59 Å². The Kier molecular flexibility index (Phi) is 4.91. The predicted molar refractivity (Wildman–Crippen MR) is 95.1 cm³/mol. The van der Waals surface area contributed by atoms with E-state index < -0.39 is 29.0 Å². The molecular weight excluding hydrogens is 372 g/mol. The molecule has 1 aliphatic rings. The van der Waals surface area contributed by atoms with E-state index in [-0.39, 0.29) is 40.1 Å². The number of carbonyl (C=O) groups excluding carboxylic acids is 2. The van der Waals surface area contributed by atoms with Gasteiger partial charge in [-0.1, -0.05) is 6.07 Å². The number of fused-ring (bicyclic) bond motifs is 1. The second kappa shape index (κ2) is 7.18. The van der Waals surface area contributed by atoms with Gasteiger partial charge in [-0.05, 0) is 12.1 Å². The summed E-state index contributed by atoms with van der Waals surface area (Å²) in [6.07, 6.45) is -1.51. The van der Waals surface area contributed by atoms with Crippen LogP contribution in [-0.2, 0) is 4.79 Å². The number of hydrogen-bond acceptors (Lipinski definition) is 9. The van der Waals surface area contributed by atoms with Gasteiger partial charge in [0.1, 0.15) is 17.1 Å². The van der Waals surface area contributed by atoms with Crippen LogP contribution in [0.5, 0.6) is 40.2 Å². The van der Waals surface area contributed by atoms with Gasteiger partial charge in [0.2, 0.25) is 28.8 Å². The van der Waals surface area contributed by atoms with Gasteiger partial charge in [0.25, 0.3) is 0 Å². The zero-order valence-electron chi connectivity index (χ0n) is 15.6. The summed E-state index contributed by atoms with van der Waals surface area (Å²) in [6, 6.07) is 4.35. The number of carbonyl (C=O) groups is 2. The quantitative estimate of drug-likeness (QED) is 0.739. The van der Waals surface area contributed by atoms with Crippen LogP contribution in [0.4, 0.5) is 0 Å². The molecule has 0 fully saturated rings. The highest BCUT2D eigenvalue weighted by Crippen LogP contribution is 2.56. The van der Waals surface area contributed by atoms with Gasteiger partial charge in [0.05, 0.1) is 34.0 Å². The highest BCUT2D eigenvalue weighted by atomic mass is 16.6. The summed E-state index contributed by atoms with van der Waals surface area (Å²) >= 11 is 0. The van der Waals surface area contributed by atoms with Gasteiger partial charge >= 0.3 is 0 Å². The Hall–Kier alpha value is -3.62. The first-order valence-electron chi connectivity index (χ1n) is 8.07. The van der Waals surface area contributed by atoms with E-state index in [0.29, 0.717) is 0 Å². The van der Waals surface area contributed by atoms with Gasteiger partial charge in [0, 0.05) is 0 Å². The van der Waals surface area contributed by atoms with Gasteiger partial charge in [-0.25, -0.2) is 0 Å². The van der Waals surface area contributed by atoms with Crippen molar-refractivity contribution in [2.24, 2.45) is 0 Å². The van der Waals surface area contributed by atoms with Crippen molar-refractivity contribution in [2.75, 3.05) is 28.4 Å². The van der Waals surface area contributed by atoms with Crippen LogP contribution in [0.2, 0.25) is 0 Å². The molecule has 0 bridgehead atoms. The lowest BCUT2D eigenvalue weighted by Gasteiger charge is -2.28. The Bertz CT molecular complexity index is 965. The second-order valence-corrected chi connectivity index (χ2v) is 5.74. The van der Waals surface area contributed by atoms with Crippen LogP contribution < -0.4 is 23.7 Å². The molecule has 0 saturated carbocycles. The SMILES string of the molecule is COc1cccc(O)c1C1Oc2c(OC)c(OC)c(OC)c(O)c2C(=O)C1=O. The Balaban J connectivity index is 2.29. The molecule has 0 saturated heterocycles. The fourth-order valence-corrected chi connectivity index (χ4v) is 3.11. The van der Waals surface area contributed by atoms with Crippen LogP contribution in [-0.4, -0.2) is 50.2 Å². The third kappa shape index (κ3) is 2.63. The molecule has 1 heterocycles. The Morgan fingerprint density at radius 2 is 1.54 bits per heavy atom. The van der Waals surface area contributed by atoms with Gasteiger partial charge in [-0.2, -0.15) is 0 Å². The second-order valence-electron chi connectivity index (χ2n) is 5.74. The average molecular weight is 390 g/mol. The molecule has 0 radical (unpaired) electrons. The number of rotatable bonds is 5. The van der Waals surface area contributed by atoms with E-state index >= 15 is 0 Å². The standard InChI is InChI=1S/C19H18O9/c1-24-9-7-5-6-8(20)10(9)15-14(23)12(21)11-13(22)17(25-2)19(27-4)18(26-3)16(11)28-15/h5-7,15,20,22H,1-4H3. The maximum atomic E-state index is 12.8. The van der Waals surface area contributed by atoms with E-state index in [1.807, 2.05) is 0 Å². The summed E-state index contributed by atoms with van der Waals surface area (Å²) < 4.78 is 26.5. The van der Waals surface area contributed by atoms with E-state index in [0.717, 1.165) is 0 Å². The van der Waals surface area contributed by atoms with Crippen molar-refractivity contribution >= 4 is 11.6 Å². The van der Waals surface area contributed by atoms with Crippen LogP contribution in [0.3, 0.4) is 0 Å². The van der Waals surface area contributed by atoms with Crippen LogP contribution in [0.1, 0.15) is 22.0 Å². The third-order valence-electron chi connectivity index (χ3n) is 4.36. The summed E-state index contributed by atoms with van der Waals surface area (Å²) in [5, 5.41) is 20.7. The van der Waals surface area contributed by atoms with Crippen LogP contribution in [0.25, 0.3) is 0 Å². The van der Waals surface area contributed by atoms with Crippen molar-refractivity contribution in [3.05, 3.63) is 29.3 Å². The van der Waals surface area contributed by atoms with Gasteiger partial charge in [0.15, 0.2) is 17.6 Å². The van der Waals surface area contributed by atoms with Crippen molar-refractivity contribution < 1.29 is 43.5 Å². The molecule has 1 unspecified atom stereocenters. The zero-order valence-corrected chi connectivity index (χ0v) is 15.6. The highest BCUT2D eigenvalue weighted by Gasteiger charge is 2.45. The molecule has 0 aliphatic carbocycles. The number of methoxy groups -OCH3 is 4. The van der Waals surface area contributed by atoms with E-state index in [1.54, 1.807) is 0 Å². The lowest BCUT2D eigenvalue weighted by Crippen LogP contribution is -2.32. The molecule has 0 amide bonds. The monoisotopic (exact) mass is 390 g/mol. The van der Waals surface area contributed by atoms with Crippen molar-refractivity contribution in [2.45, 2.75) is 6.10 Å². The summed E-state index contributed by atoms with van der Waals surface area (Å²) in [5.74, 6) is -3.25. The Morgan fingerprint density at radius 1 is 0.893 bits per heavy atom. The minimum absolute atomic E-state index is 0.0219. The lowest BCUT2D eigenvalue weighted by molar-refractivity contribution is -0.122. The lowest BCUT2D eigenvalue weighted by atomic mass is 9.92. The maximum Gasteiger partial charge on any atom is 0.248 e. The number of ether oxygens (including phenoxy) is 5. The molecule has 3 rings (SSSR count). The molecule has 9 nitrogen and oxygen atoms in total. The van der Waals surface area contributed by atoms with Crippen molar-refractivity contribution in [1.82, 2.24) is 0 Å². The average Bonchev–Trinajstić information content (AvgIpc) is 2.69. The highest BCUT2D eigenvalue weighted by molar-refractivity contribution is 6.47. The number of hydrogen-bond donors (Lipinski definition) is 2. The normalized spacial score (nSPS) is 15.5. The van der Waals surface area contributed by atoms with Crippen molar-refractivity contribution in [3.63, 3.8) is 0 Å². The van der Waals surface area contributed by atoms with Gasteiger partial charge in [-0.15, -0.1) is 0 Å². The molecular formula is C19H18O9. The smallest absolute Gasteiger partial charge is 0.248 e. The number of ketones is 2. The molecule has 1 aliphatic heterocycles. The zero-order chi connectivity index (χ0) is 20.6. The first kappa shape index (κ1) is 19.2. The Morgan fingerprint density at radius 3 is 2.11 bits per heavy atom. The first-order chi connectivity index (χ1) is 13.4. The van der Waals surface area contributed by atoms with E-state index in [9.17, 15) is 19.8 Å². The fourth-order valence-electron chi connectivity index (χ4n) is 3.11. The molecule has 2 aromatic rings. The van der Waals surface area contributed by atoms with Crippen LogP contribution in [0, 0.1) is 0 Å². The van der Waals surface area contributed by atoms with E-state index in [2.05, 4.69) is 0 Å². The summed E-state index contributed by atoms with van der Waals surface area (Å²) in [6.45, 7) is 0. The molecule has 2 N–H and O–H groups in total. The number of benzene rings is 2. The maximum absolute atomic E-state index is 12.8. The topological polar surface area (TPSA) is 121 Å². The largest absolute Gasteiger partial charge is 0.507 e. The molecule has 0 aromatic heterocycles. The molecule has 1 atom stereocenters. The number of phenols is 2. The van der Waals surface area contributed by atoms with Gasteiger partial charge < -0.3 is 33.9 Å². The molecule has 2 aromatic carbocycles. The summed E-state index contributed by atoms with van der Waals surface area (Å²) in [5.41, 5.74) is -0.435. The molecule has 0 spiro atoms. The third-order valence-corrected chi connectivity index (χ3v) is 4.36. The van der Waals surface area contributed by atoms with E-state index in [4.69, 9.17) is 23.7 Å². The number of phenolic OH excluding ortho intramolecular Hbond substituents is 2. The summed E-state index contributed by atoms with van der Waals surface area (Å²) in [7, 11) is 5.22. The molecule has 28 heavy (non-hydrogen) atoms. The Labute approximate surface area is 160 Å². The van der Waals surface area contributed by atoms with E-state index in [1.165, 1.54) is 46.6 Å². The van der Waals surface area contributed by atoms with Crippen molar-refractivity contribution in [1.29, 1.82) is 0 Å². The molecule has 148 valence electrons. The summed E-state index contributed by atoms with van der Waals surface area (Å²) in [4.78, 5) is 25.6. The van der Waals surface area contributed by atoms with Crippen LogP contribution in [0.15, 0.2) is 18.2 Å². The fraction of sp³-hybridized carbons (Fsp3) is 0.263.